The lowest BCUT2D eigenvalue weighted by atomic mass is 10.2. The number of nitrogens with one attached hydrogen (secondary N) is 1. The molecule has 0 radical (unpaired) electrons. The van der Waals surface area contributed by atoms with Crippen molar-refractivity contribution in [2.45, 2.75) is 19.8 Å². The number of aromatic amines is 1. The van der Waals surface area contributed by atoms with Crippen LogP contribution in [0.5, 0.6) is 0 Å². The molecule has 62 valence electrons. The number of hydrogen-bond donors (Lipinski definition) is 1. The molecule has 0 spiro atoms. The Hall–Kier alpha value is -1.45. The maximum absolute atomic E-state index is 4.15. The van der Waals surface area contributed by atoms with Crippen LogP contribution in [0.2, 0.25) is 0 Å². The maximum atomic E-state index is 4.15. The van der Waals surface area contributed by atoms with Crippen molar-refractivity contribution in [2.75, 3.05) is 0 Å². The van der Waals surface area contributed by atoms with Crippen LogP contribution < -0.4 is 0 Å². The fourth-order valence-corrected chi connectivity index (χ4v) is 1.24. The molecular formula is C8H10N4. The first kappa shape index (κ1) is 7.21. The fraction of sp³-hybridized carbons (Fsp3) is 0.375. The van der Waals surface area contributed by atoms with Gasteiger partial charge in [-0.25, -0.2) is 9.97 Å². The highest BCUT2D eigenvalue weighted by Crippen LogP contribution is 2.11. The second kappa shape index (κ2) is 2.89. The van der Waals surface area contributed by atoms with E-state index in [0.717, 1.165) is 29.6 Å². The molecular weight excluding hydrogens is 152 g/mol. The zero-order valence-electron chi connectivity index (χ0n) is 6.91. The third kappa shape index (κ3) is 1.05. The van der Waals surface area contributed by atoms with E-state index in [2.05, 4.69) is 27.1 Å². The lowest BCUT2D eigenvalue weighted by molar-refractivity contribution is 0.871. The predicted molar refractivity (Wildman–Crippen MR) is 45.7 cm³/mol. The summed E-state index contributed by atoms with van der Waals surface area (Å²) in [5, 5.41) is 7.05. The van der Waals surface area contributed by atoms with Crippen molar-refractivity contribution in [3.63, 3.8) is 0 Å². The maximum Gasteiger partial charge on any atom is 0.129 e. The van der Waals surface area contributed by atoms with E-state index in [1.54, 1.807) is 12.5 Å². The molecule has 2 aromatic heterocycles. The molecule has 0 aliphatic carbocycles. The molecule has 0 bridgehead atoms. The van der Waals surface area contributed by atoms with Gasteiger partial charge in [-0.15, -0.1) is 0 Å². The van der Waals surface area contributed by atoms with Gasteiger partial charge in [-0.3, -0.25) is 5.10 Å². The second-order valence-electron chi connectivity index (χ2n) is 2.71. The van der Waals surface area contributed by atoms with E-state index in [-0.39, 0.29) is 0 Å². The molecule has 2 aromatic rings. The number of rotatable bonds is 2. The quantitative estimate of drug-likeness (QED) is 0.724. The summed E-state index contributed by atoms with van der Waals surface area (Å²) >= 11 is 0. The van der Waals surface area contributed by atoms with Gasteiger partial charge in [0.1, 0.15) is 17.4 Å². The molecule has 0 atom stereocenters. The lowest BCUT2D eigenvalue weighted by Crippen LogP contribution is -1.85. The SMILES string of the molecule is CCCc1[nH]nc2cncnc12. The summed E-state index contributed by atoms with van der Waals surface area (Å²) in [5.74, 6) is 0. The number of fused-ring (bicyclic) bond motifs is 1. The molecule has 0 aromatic carbocycles. The van der Waals surface area contributed by atoms with Crippen molar-refractivity contribution in [1.82, 2.24) is 20.2 Å². The molecule has 0 aliphatic rings. The molecule has 2 heterocycles. The summed E-state index contributed by atoms with van der Waals surface area (Å²) in [7, 11) is 0. The van der Waals surface area contributed by atoms with Crippen LogP contribution in [-0.2, 0) is 6.42 Å². The highest BCUT2D eigenvalue weighted by molar-refractivity contribution is 5.75. The summed E-state index contributed by atoms with van der Waals surface area (Å²) in [6.45, 7) is 2.13. The highest BCUT2D eigenvalue weighted by Gasteiger charge is 2.03. The Labute approximate surface area is 70.0 Å². The van der Waals surface area contributed by atoms with Crippen LogP contribution in [-0.4, -0.2) is 20.2 Å². The highest BCUT2D eigenvalue weighted by atomic mass is 15.1. The summed E-state index contributed by atoms with van der Waals surface area (Å²) in [6, 6.07) is 0. The third-order valence-electron chi connectivity index (χ3n) is 1.79. The van der Waals surface area contributed by atoms with Crippen LogP contribution in [0, 0.1) is 0 Å². The van der Waals surface area contributed by atoms with Crippen LogP contribution in [0.15, 0.2) is 12.5 Å². The Morgan fingerprint density at radius 2 is 2.42 bits per heavy atom. The Morgan fingerprint density at radius 3 is 3.25 bits per heavy atom. The lowest BCUT2D eigenvalue weighted by Gasteiger charge is -1.91. The summed E-state index contributed by atoms with van der Waals surface area (Å²) in [5.41, 5.74) is 2.91. The van der Waals surface area contributed by atoms with E-state index in [0.29, 0.717) is 0 Å². The van der Waals surface area contributed by atoms with Gasteiger partial charge in [-0.2, -0.15) is 5.10 Å². The smallest absolute Gasteiger partial charge is 0.129 e. The molecule has 12 heavy (non-hydrogen) atoms. The standard InChI is InChI=1S/C8H10N4/c1-2-3-6-8-7(12-11-6)4-9-5-10-8/h4-5H,2-3H2,1H3,(H,11,12). The predicted octanol–water partition coefficient (Wildman–Crippen LogP) is 1.31. The van der Waals surface area contributed by atoms with Crippen LogP contribution in [0.4, 0.5) is 0 Å². The van der Waals surface area contributed by atoms with E-state index in [1.807, 2.05) is 0 Å². The van der Waals surface area contributed by atoms with Crippen molar-refractivity contribution in [2.24, 2.45) is 0 Å². The third-order valence-corrected chi connectivity index (χ3v) is 1.79. The van der Waals surface area contributed by atoms with Crippen molar-refractivity contribution >= 4 is 11.0 Å². The zero-order chi connectivity index (χ0) is 8.39. The number of nitrogens with zero attached hydrogens (tertiary/aromatic N) is 3. The zero-order valence-corrected chi connectivity index (χ0v) is 6.91. The normalized spacial score (nSPS) is 10.8. The van der Waals surface area contributed by atoms with Gasteiger partial charge in [0.15, 0.2) is 0 Å². The second-order valence-corrected chi connectivity index (χ2v) is 2.71. The largest absolute Gasteiger partial charge is 0.280 e. The molecule has 0 fully saturated rings. The van der Waals surface area contributed by atoms with Gasteiger partial charge in [0, 0.05) is 0 Å². The topological polar surface area (TPSA) is 54.5 Å². The number of aryl methyl sites for hydroxylation is 1. The van der Waals surface area contributed by atoms with Crippen LogP contribution in [0.3, 0.4) is 0 Å². The van der Waals surface area contributed by atoms with E-state index in [1.165, 1.54) is 0 Å². The first-order valence-electron chi connectivity index (χ1n) is 4.04. The average molecular weight is 162 g/mol. The van der Waals surface area contributed by atoms with Gasteiger partial charge in [0.2, 0.25) is 0 Å². The fourth-order valence-electron chi connectivity index (χ4n) is 1.24. The molecule has 4 nitrogen and oxygen atoms in total. The van der Waals surface area contributed by atoms with Gasteiger partial charge in [-0.05, 0) is 6.42 Å². The molecule has 0 amide bonds. The number of H-pyrrole nitrogens is 1. The molecule has 0 saturated heterocycles. The summed E-state index contributed by atoms with van der Waals surface area (Å²) in [4.78, 5) is 8.05. The van der Waals surface area contributed by atoms with E-state index in [4.69, 9.17) is 0 Å². The number of hydrogen-bond acceptors (Lipinski definition) is 3. The Bertz CT molecular complexity index is 379. The Kier molecular flexibility index (Phi) is 1.74. The van der Waals surface area contributed by atoms with Crippen molar-refractivity contribution in [1.29, 1.82) is 0 Å². The molecule has 1 N–H and O–H groups in total. The molecule has 0 aliphatic heterocycles. The van der Waals surface area contributed by atoms with Crippen molar-refractivity contribution < 1.29 is 0 Å². The minimum absolute atomic E-state index is 0.848. The van der Waals surface area contributed by atoms with Gasteiger partial charge < -0.3 is 0 Å². The minimum Gasteiger partial charge on any atom is -0.280 e. The summed E-state index contributed by atoms with van der Waals surface area (Å²) < 4.78 is 0. The van der Waals surface area contributed by atoms with Crippen LogP contribution >= 0.6 is 0 Å². The van der Waals surface area contributed by atoms with E-state index < -0.39 is 0 Å². The van der Waals surface area contributed by atoms with Crippen molar-refractivity contribution in [3.8, 4) is 0 Å². The Morgan fingerprint density at radius 1 is 1.50 bits per heavy atom. The first-order chi connectivity index (χ1) is 5.92. The summed E-state index contributed by atoms with van der Waals surface area (Å²) in [6.07, 6.45) is 5.36. The van der Waals surface area contributed by atoms with Crippen LogP contribution in [0.1, 0.15) is 19.0 Å². The van der Waals surface area contributed by atoms with E-state index in [9.17, 15) is 0 Å². The van der Waals surface area contributed by atoms with Gasteiger partial charge in [0.05, 0.1) is 11.9 Å². The molecule has 4 heteroatoms. The minimum atomic E-state index is 0.848. The monoisotopic (exact) mass is 162 g/mol. The average Bonchev–Trinajstić information content (AvgIpc) is 2.50. The first-order valence-corrected chi connectivity index (χ1v) is 4.04. The number of aromatic nitrogens is 4. The van der Waals surface area contributed by atoms with Gasteiger partial charge in [0.25, 0.3) is 0 Å². The molecule has 0 saturated carbocycles. The van der Waals surface area contributed by atoms with Gasteiger partial charge in [-0.1, -0.05) is 13.3 Å². The van der Waals surface area contributed by atoms with Crippen LogP contribution in [0.25, 0.3) is 11.0 Å². The van der Waals surface area contributed by atoms with Crippen molar-refractivity contribution in [3.05, 3.63) is 18.2 Å². The Balaban J connectivity index is 2.55. The molecule has 2 rings (SSSR count). The molecule has 0 unspecified atom stereocenters. The van der Waals surface area contributed by atoms with E-state index >= 15 is 0 Å². The van der Waals surface area contributed by atoms with Gasteiger partial charge >= 0.3 is 0 Å².